The highest BCUT2D eigenvalue weighted by atomic mass is 16.3. The van der Waals surface area contributed by atoms with Crippen molar-refractivity contribution in [3.05, 3.63) is 0 Å². The average molecular weight is 211 g/mol. The number of likely N-dealkylation sites (tertiary alicyclic amines) is 1. The van der Waals surface area contributed by atoms with Gasteiger partial charge in [0.2, 0.25) is 11.8 Å². The third-order valence-corrected chi connectivity index (χ3v) is 3.82. The minimum absolute atomic E-state index is 0.0106. The van der Waals surface area contributed by atoms with E-state index in [-0.39, 0.29) is 30.3 Å². The Bertz CT molecular complexity index is 295. The molecule has 15 heavy (non-hydrogen) atoms. The van der Waals surface area contributed by atoms with E-state index < -0.39 is 5.54 Å². The number of hydrogen-bond donors (Lipinski definition) is 1. The summed E-state index contributed by atoms with van der Waals surface area (Å²) in [5, 5.41) is 8.99. The summed E-state index contributed by atoms with van der Waals surface area (Å²) in [6.07, 6.45) is 1.91. The second kappa shape index (κ2) is 3.30. The lowest BCUT2D eigenvalue weighted by atomic mass is 9.92. The smallest absolute Gasteiger partial charge is 0.233 e. The molecule has 1 N–H and O–H groups in total. The van der Waals surface area contributed by atoms with Crippen LogP contribution in [-0.4, -0.2) is 34.0 Å². The number of carbonyl (C=O) groups excluding carboxylic acids is 2. The molecule has 1 heterocycles. The van der Waals surface area contributed by atoms with Crippen molar-refractivity contribution in [2.45, 2.75) is 38.6 Å². The minimum Gasteiger partial charge on any atom is -0.396 e. The molecule has 1 aliphatic heterocycles. The van der Waals surface area contributed by atoms with Gasteiger partial charge in [0.1, 0.15) is 0 Å². The molecule has 1 saturated heterocycles. The van der Waals surface area contributed by atoms with Gasteiger partial charge in [-0.05, 0) is 26.2 Å². The molecule has 3 atom stereocenters. The highest BCUT2D eigenvalue weighted by molar-refractivity contribution is 6.09. The van der Waals surface area contributed by atoms with Crippen LogP contribution in [0.3, 0.4) is 0 Å². The molecule has 0 radical (unpaired) electrons. The van der Waals surface area contributed by atoms with E-state index in [4.69, 9.17) is 5.11 Å². The number of nitrogens with zero attached hydrogens (tertiary/aromatic N) is 1. The summed E-state index contributed by atoms with van der Waals surface area (Å²) in [6, 6.07) is 0. The Kier molecular flexibility index (Phi) is 2.34. The normalized spacial score (nSPS) is 32.9. The van der Waals surface area contributed by atoms with Crippen LogP contribution in [0.4, 0.5) is 0 Å². The van der Waals surface area contributed by atoms with Gasteiger partial charge >= 0.3 is 0 Å². The quantitative estimate of drug-likeness (QED) is 0.690. The number of aliphatic hydroxyl groups excluding tert-OH is 1. The van der Waals surface area contributed by atoms with Crippen molar-refractivity contribution in [1.82, 2.24) is 4.90 Å². The molecule has 84 valence electrons. The van der Waals surface area contributed by atoms with Crippen molar-refractivity contribution in [3.8, 4) is 0 Å². The maximum Gasteiger partial charge on any atom is 0.233 e. The fraction of sp³-hybridized carbons (Fsp3) is 0.818. The predicted molar refractivity (Wildman–Crippen MR) is 53.8 cm³/mol. The highest BCUT2D eigenvalue weighted by Gasteiger charge is 2.62. The van der Waals surface area contributed by atoms with Crippen molar-refractivity contribution in [2.75, 3.05) is 6.61 Å². The van der Waals surface area contributed by atoms with Crippen LogP contribution in [-0.2, 0) is 9.59 Å². The first-order chi connectivity index (χ1) is 7.05. The van der Waals surface area contributed by atoms with Crippen molar-refractivity contribution < 1.29 is 14.7 Å². The molecule has 2 rings (SSSR count). The number of imide groups is 1. The van der Waals surface area contributed by atoms with Gasteiger partial charge in [-0.15, -0.1) is 0 Å². The van der Waals surface area contributed by atoms with E-state index in [1.54, 1.807) is 0 Å². The number of amides is 2. The number of rotatable bonds is 4. The number of piperidine rings is 1. The van der Waals surface area contributed by atoms with Gasteiger partial charge in [0.15, 0.2) is 0 Å². The molecule has 0 aromatic heterocycles. The second-order valence-electron chi connectivity index (χ2n) is 4.78. The molecule has 0 aromatic rings. The first-order valence-electron chi connectivity index (χ1n) is 5.54. The van der Waals surface area contributed by atoms with Crippen molar-refractivity contribution in [1.29, 1.82) is 0 Å². The third-order valence-electron chi connectivity index (χ3n) is 3.82. The van der Waals surface area contributed by atoms with E-state index in [0.29, 0.717) is 12.8 Å². The molecule has 2 aliphatic rings. The molecule has 1 saturated carbocycles. The Balaban J connectivity index is 2.21. The van der Waals surface area contributed by atoms with Gasteiger partial charge in [0.05, 0.1) is 11.8 Å². The molecule has 3 unspecified atom stereocenters. The van der Waals surface area contributed by atoms with Crippen LogP contribution >= 0.6 is 0 Å². The lowest BCUT2D eigenvalue weighted by Crippen LogP contribution is -2.51. The second-order valence-corrected chi connectivity index (χ2v) is 4.78. The zero-order valence-corrected chi connectivity index (χ0v) is 9.19. The highest BCUT2D eigenvalue weighted by Crippen LogP contribution is 2.50. The van der Waals surface area contributed by atoms with Crippen LogP contribution < -0.4 is 0 Å². The van der Waals surface area contributed by atoms with E-state index in [2.05, 4.69) is 0 Å². The van der Waals surface area contributed by atoms with E-state index in [1.807, 2.05) is 13.8 Å². The topological polar surface area (TPSA) is 57.6 Å². The Morgan fingerprint density at radius 1 is 1.40 bits per heavy atom. The van der Waals surface area contributed by atoms with Crippen LogP contribution in [0.2, 0.25) is 0 Å². The van der Waals surface area contributed by atoms with Gasteiger partial charge in [-0.2, -0.15) is 0 Å². The Hall–Kier alpha value is -0.900. The third kappa shape index (κ3) is 1.39. The first-order valence-corrected chi connectivity index (χ1v) is 5.54. The summed E-state index contributed by atoms with van der Waals surface area (Å²) in [6.45, 7) is 3.83. The molecule has 0 spiro atoms. The molecule has 2 amide bonds. The summed E-state index contributed by atoms with van der Waals surface area (Å²) in [5.74, 6) is -0.130. The molecular weight excluding hydrogens is 194 g/mol. The van der Waals surface area contributed by atoms with E-state index in [0.717, 1.165) is 6.42 Å². The molecule has 0 aromatic carbocycles. The Labute approximate surface area is 89.3 Å². The molecule has 0 bridgehead atoms. The standard InChI is InChI=1S/C11H17NO3/c1-3-11(2,4-5-13)12-9(14)7-6-8(7)10(12)15/h7-8,13H,3-6H2,1-2H3. The van der Waals surface area contributed by atoms with Crippen LogP contribution in [0.15, 0.2) is 0 Å². The van der Waals surface area contributed by atoms with Crippen LogP contribution in [0, 0.1) is 11.8 Å². The van der Waals surface area contributed by atoms with Gasteiger partial charge in [0, 0.05) is 12.1 Å². The van der Waals surface area contributed by atoms with E-state index >= 15 is 0 Å². The summed E-state index contributed by atoms with van der Waals surface area (Å²) in [5.41, 5.74) is -0.490. The number of carbonyl (C=O) groups is 2. The lowest BCUT2D eigenvalue weighted by molar-refractivity contribution is -0.149. The number of aliphatic hydroxyl groups is 1. The van der Waals surface area contributed by atoms with Crippen LogP contribution in [0.25, 0.3) is 0 Å². The number of hydrogen-bond acceptors (Lipinski definition) is 3. The summed E-state index contributed by atoms with van der Waals surface area (Å²) in [7, 11) is 0. The minimum atomic E-state index is -0.490. The molecule has 1 aliphatic carbocycles. The van der Waals surface area contributed by atoms with Gasteiger partial charge in [-0.1, -0.05) is 6.92 Å². The summed E-state index contributed by atoms with van der Waals surface area (Å²) >= 11 is 0. The van der Waals surface area contributed by atoms with Crippen LogP contribution in [0.5, 0.6) is 0 Å². The van der Waals surface area contributed by atoms with E-state index in [1.165, 1.54) is 4.90 Å². The molecule has 4 nitrogen and oxygen atoms in total. The van der Waals surface area contributed by atoms with Crippen LogP contribution in [0.1, 0.15) is 33.1 Å². The predicted octanol–water partition coefficient (Wildman–Crippen LogP) is 0.542. The Morgan fingerprint density at radius 2 is 1.93 bits per heavy atom. The van der Waals surface area contributed by atoms with Gasteiger partial charge in [-0.3, -0.25) is 14.5 Å². The first kappa shape index (κ1) is 10.6. The van der Waals surface area contributed by atoms with Crippen molar-refractivity contribution in [2.24, 2.45) is 11.8 Å². The summed E-state index contributed by atoms with van der Waals surface area (Å²) in [4.78, 5) is 25.1. The molecular formula is C11H17NO3. The zero-order valence-electron chi connectivity index (χ0n) is 9.19. The fourth-order valence-corrected chi connectivity index (χ4v) is 2.40. The Morgan fingerprint density at radius 3 is 2.33 bits per heavy atom. The maximum atomic E-state index is 11.9. The molecule has 4 heteroatoms. The monoisotopic (exact) mass is 211 g/mol. The molecule has 2 fully saturated rings. The average Bonchev–Trinajstić information content (AvgIpc) is 2.93. The number of fused-ring (bicyclic) bond motifs is 1. The van der Waals surface area contributed by atoms with Crippen molar-refractivity contribution >= 4 is 11.8 Å². The maximum absolute atomic E-state index is 11.9. The fourth-order valence-electron chi connectivity index (χ4n) is 2.40. The zero-order chi connectivity index (χ0) is 11.2. The van der Waals surface area contributed by atoms with Gasteiger partial charge < -0.3 is 5.11 Å². The largest absolute Gasteiger partial charge is 0.396 e. The lowest BCUT2D eigenvalue weighted by Gasteiger charge is -2.37. The SMILES string of the molecule is CCC(C)(CCO)N1C(=O)C2CC2C1=O. The van der Waals surface area contributed by atoms with E-state index in [9.17, 15) is 9.59 Å². The van der Waals surface area contributed by atoms with Crippen molar-refractivity contribution in [3.63, 3.8) is 0 Å². The summed E-state index contributed by atoms with van der Waals surface area (Å²) < 4.78 is 0. The van der Waals surface area contributed by atoms with Gasteiger partial charge in [-0.25, -0.2) is 0 Å². The van der Waals surface area contributed by atoms with Gasteiger partial charge in [0.25, 0.3) is 0 Å².